The lowest BCUT2D eigenvalue weighted by Crippen LogP contribution is -2.31. The first kappa shape index (κ1) is 17.6. The molecule has 3 rings (SSSR count). The fraction of sp³-hybridized carbons (Fsp3) is 0.412. The van der Waals surface area contributed by atoms with Gasteiger partial charge in [0.25, 0.3) is 0 Å². The van der Waals surface area contributed by atoms with Crippen LogP contribution in [0.2, 0.25) is 0 Å². The Bertz CT molecular complexity index is 794. The van der Waals surface area contributed by atoms with Gasteiger partial charge >= 0.3 is 0 Å². The molecule has 134 valence electrons. The van der Waals surface area contributed by atoms with E-state index < -0.39 is 10.0 Å². The monoisotopic (exact) mass is 363 g/mol. The van der Waals surface area contributed by atoms with Gasteiger partial charge < -0.3 is 9.47 Å². The molecule has 1 aliphatic heterocycles. The Kier molecular flexibility index (Phi) is 5.19. The Labute approximate surface area is 147 Å². The molecule has 1 aromatic heterocycles. The van der Waals surface area contributed by atoms with Gasteiger partial charge in [-0.25, -0.2) is 13.4 Å². The van der Waals surface area contributed by atoms with Crippen LogP contribution < -0.4 is 9.47 Å². The first-order valence-corrected chi connectivity index (χ1v) is 9.58. The van der Waals surface area contributed by atoms with Crippen LogP contribution in [0.4, 0.5) is 0 Å². The maximum atomic E-state index is 12.8. The van der Waals surface area contributed by atoms with E-state index in [0.29, 0.717) is 31.1 Å². The second-order valence-electron chi connectivity index (χ2n) is 6.07. The van der Waals surface area contributed by atoms with Crippen molar-refractivity contribution in [1.82, 2.24) is 14.3 Å². The van der Waals surface area contributed by atoms with Gasteiger partial charge in [0.05, 0.1) is 23.7 Å². The number of nitrogens with zero attached hydrogens (tertiary/aromatic N) is 3. The number of hydrogen-bond donors (Lipinski definition) is 0. The van der Waals surface area contributed by atoms with Crippen molar-refractivity contribution in [3.05, 3.63) is 42.9 Å². The van der Waals surface area contributed by atoms with Crippen molar-refractivity contribution < 1.29 is 17.9 Å². The molecule has 1 aromatic carbocycles. The minimum atomic E-state index is -3.55. The van der Waals surface area contributed by atoms with E-state index in [9.17, 15) is 8.42 Å². The highest BCUT2D eigenvalue weighted by Crippen LogP contribution is 2.25. The van der Waals surface area contributed by atoms with E-state index in [1.165, 1.54) is 10.5 Å². The third-order valence-electron chi connectivity index (χ3n) is 3.77. The first-order valence-electron chi connectivity index (χ1n) is 8.14. The molecule has 25 heavy (non-hydrogen) atoms. The smallest absolute Gasteiger partial charge is 0.243 e. The minimum Gasteiger partial charge on any atom is -0.491 e. The minimum absolute atomic E-state index is 0.0417. The Morgan fingerprint density at radius 3 is 2.60 bits per heavy atom. The number of benzene rings is 1. The average Bonchev–Trinajstić information content (AvgIpc) is 3.05. The van der Waals surface area contributed by atoms with Crippen molar-refractivity contribution in [3.8, 4) is 11.6 Å². The topological polar surface area (TPSA) is 81.6 Å². The maximum Gasteiger partial charge on any atom is 0.243 e. The summed E-state index contributed by atoms with van der Waals surface area (Å²) in [7, 11) is -3.55. The van der Waals surface area contributed by atoms with Crippen LogP contribution >= 0.6 is 0 Å². The number of sulfonamides is 1. The molecule has 0 N–H and O–H groups in total. The van der Waals surface area contributed by atoms with Crippen LogP contribution in [0.5, 0.6) is 11.6 Å². The van der Waals surface area contributed by atoms with Gasteiger partial charge in [-0.2, -0.15) is 4.31 Å². The summed E-state index contributed by atoms with van der Waals surface area (Å²) in [5.41, 5.74) is 0. The van der Waals surface area contributed by atoms with Crippen LogP contribution in [0.1, 0.15) is 20.3 Å². The van der Waals surface area contributed by atoms with Gasteiger partial charge in [0.2, 0.25) is 15.9 Å². The third-order valence-corrected chi connectivity index (χ3v) is 5.65. The molecule has 1 unspecified atom stereocenters. The maximum absolute atomic E-state index is 12.8. The van der Waals surface area contributed by atoms with E-state index >= 15 is 0 Å². The molecule has 1 atom stereocenters. The Morgan fingerprint density at radius 1 is 1.20 bits per heavy atom. The van der Waals surface area contributed by atoms with Crippen molar-refractivity contribution in [3.63, 3.8) is 0 Å². The van der Waals surface area contributed by atoms with Crippen molar-refractivity contribution in [2.75, 3.05) is 13.1 Å². The first-order chi connectivity index (χ1) is 11.9. The fourth-order valence-electron chi connectivity index (χ4n) is 2.64. The second kappa shape index (κ2) is 7.37. The third kappa shape index (κ3) is 4.26. The predicted octanol–water partition coefficient (Wildman–Crippen LogP) is 2.11. The number of ether oxygens (including phenoxy) is 2. The van der Waals surface area contributed by atoms with E-state index in [2.05, 4.69) is 9.97 Å². The second-order valence-corrected chi connectivity index (χ2v) is 8.01. The molecule has 2 aromatic rings. The van der Waals surface area contributed by atoms with Crippen LogP contribution in [0.15, 0.2) is 47.8 Å². The SMILES string of the molecule is CC(C)Oc1ccc(S(=O)(=O)N2CCC(Oc3cnccn3)C2)cc1. The Hall–Kier alpha value is -2.19. The van der Waals surface area contributed by atoms with Crippen LogP contribution in [0.25, 0.3) is 0 Å². The van der Waals surface area contributed by atoms with Gasteiger partial charge in [-0.05, 0) is 44.5 Å². The molecule has 0 aliphatic carbocycles. The normalized spacial score (nSPS) is 18.4. The largest absolute Gasteiger partial charge is 0.491 e. The summed E-state index contributed by atoms with van der Waals surface area (Å²) in [5.74, 6) is 1.06. The van der Waals surface area contributed by atoms with E-state index in [4.69, 9.17) is 9.47 Å². The Morgan fingerprint density at radius 2 is 1.96 bits per heavy atom. The van der Waals surface area contributed by atoms with Crippen LogP contribution in [-0.2, 0) is 10.0 Å². The van der Waals surface area contributed by atoms with Crippen molar-refractivity contribution in [2.24, 2.45) is 0 Å². The summed E-state index contributed by atoms with van der Waals surface area (Å²) >= 11 is 0. The number of aromatic nitrogens is 2. The zero-order valence-corrected chi connectivity index (χ0v) is 15.0. The summed E-state index contributed by atoms with van der Waals surface area (Å²) in [5, 5.41) is 0. The van der Waals surface area contributed by atoms with E-state index in [-0.39, 0.29) is 17.1 Å². The lowest BCUT2D eigenvalue weighted by atomic mass is 10.3. The van der Waals surface area contributed by atoms with Crippen molar-refractivity contribution >= 4 is 10.0 Å². The highest BCUT2D eigenvalue weighted by Gasteiger charge is 2.33. The van der Waals surface area contributed by atoms with Gasteiger partial charge in [-0.15, -0.1) is 0 Å². The Balaban J connectivity index is 1.66. The van der Waals surface area contributed by atoms with Crippen LogP contribution in [-0.4, -0.2) is 48.0 Å². The standard InChI is InChI=1S/C17H21N3O4S/c1-13(2)23-14-3-5-16(6-4-14)25(21,22)20-10-7-15(12-20)24-17-11-18-8-9-19-17/h3-6,8-9,11,13,15H,7,10,12H2,1-2H3. The average molecular weight is 363 g/mol. The summed E-state index contributed by atoms with van der Waals surface area (Å²) in [4.78, 5) is 8.25. The summed E-state index contributed by atoms with van der Waals surface area (Å²) in [6.45, 7) is 4.55. The molecule has 0 amide bonds. The molecular weight excluding hydrogens is 342 g/mol. The molecule has 0 bridgehead atoms. The lowest BCUT2D eigenvalue weighted by molar-refractivity contribution is 0.206. The molecule has 7 nitrogen and oxygen atoms in total. The number of hydrogen-bond acceptors (Lipinski definition) is 6. The molecular formula is C17H21N3O4S. The van der Waals surface area contributed by atoms with Crippen LogP contribution in [0.3, 0.4) is 0 Å². The highest BCUT2D eigenvalue weighted by atomic mass is 32.2. The lowest BCUT2D eigenvalue weighted by Gasteiger charge is -2.17. The molecule has 8 heteroatoms. The quantitative estimate of drug-likeness (QED) is 0.782. The van der Waals surface area contributed by atoms with Gasteiger partial charge in [-0.1, -0.05) is 0 Å². The zero-order valence-electron chi connectivity index (χ0n) is 14.2. The zero-order chi connectivity index (χ0) is 17.9. The molecule has 0 radical (unpaired) electrons. The summed E-state index contributed by atoms with van der Waals surface area (Å²) in [6, 6.07) is 6.50. The molecule has 1 saturated heterocycles. The molecule has 1 aliphatic rings. The van der Waals surface area contributed by atoms with Crippen LogP contribution in [0, 0.1) is 0 Å². The molecule has 2 heterocycles. The molecule has 0 spiro atoms. The van der Waals surface area contributed by atoms with Gasteiger partial charge in [0.15, 0.2) is 0 Å². The van der Waals surface area contributed by atoms with Gasteiger partial charge in [0, 0.05) is 18.9 Å². The van der Waals surface area contributed by atoms with E-state index in [1.54, 1.807) is 36.7 Å². The van der Waals surface area contributed by atoms with Crippen molar-refractivity contribution in [2.45, 2.75) is 37.4 Å². The van der Waals surface area contributed by atoms with E-state index in [0.717, 1.165) is 0 Å². The fourth-order valence-corrected chi connectivity index (χ4v) is 4.13. The van der Waals surface area contributed by atoms with Gasteiger partial charge in [0.1, 0.15) is 11.9 Å². The van der Waals surface area contributed by atoms with Gasteiger partial charge in [-0.3, -0.25) is 4.98 Å². The predicted molar refractivity (Wildman–Crippen MR) is 92.0 cm³/mol. The summed E-state index contributed by atoms with van der Waals surface area (Å²) in [6.07, 6.45) is 5.05. The summed E-state index contributed by atoms with van der Waals surface area (Å²) < 4.78 is 38.2. The molecule has 0 saturated carbocycles. The highest BCUT2D eigenvalue weighted by molar-refractivity contribution is 7.89. The molecule has 1 fully saturated rings. The number of rotatable bonds is 6. The van der Waals surface area contributed by atoms with E-state index in [1.807, 2.05) is 13.8 Å². The van der Waals surface area contributed by atoms with Crippen molar-refractivity contribution in [1.29, 1.82) is 0 Å².